The van der Waals surface area contributed by atoms with Crippen LogP contribution >= 0.6 is 7.60 Å². The lowest BCUT2D eigenvalue weighted by molar-refractivity contribution is 0.0599. The van der Waals surface area contributed by atoms with Gasteiger partial charge in [-0.1, -0.05) is 26.7 Å². The maximum absolute atomic E-state index is 13.3. The molecule has 26 heavy (non-hydrogen) atoms. The summed E-state index contributed by atoms with van der Waals surface area (Å²) in [5, 5.41) is 0.132. The minimum atomic E-state index is -3.70. The fourth-order valence-electron chi connectivity index (χ4n) is 2.09. The standard InChI is InChI=1S/C18H27O7P/c1-5-7-9-24-26(21,25-10-8-6-2)16-12-14(17(19)22-3)11-15(13-16)18(20)23-4/h11-13H,5-10H2,1-4H3. The largest absolute Gasteiger partial charge is 0.465 e. The van der Waals surface area contributed by atoms with E-state index in [1.165, 1.54) is 32.4 Å². The Kier molecular flexibility index (Phi) is 9.55. The van der Waals surface area contributed by atoms with Gasteiger partial charge in [-0.2, -0.15) is 0 Å². The molecule has 7 nitrogen and oxygen atoms in total. The molecule has 0 N–H and O–H groups in total. The van der Waals surface area contributed by atoms with Crippen LogP contribution in [-0.2, 0) is 23.1 Å². The van der Waals surface area contributed by atoms with E-state index in [2.05, 4.69) is 0 Å². The normalized spacial score (nSPS) is 11.2. The van der Waals surface area contributed by atoms with E-state index in [-0.39, 0.29) is 29.6 Å². The number of methoxy groups -OCH3 is 2. The highest BCUT2D eigenvalue weighted by molar-refractivity contribution is 7.62. The first kappa shape index (κ1) is 22.4. The van der Waals surface area contributed by atoms with Crippen molar-refractivity contribution < 1.29 is 32.7 Å². The Bertz CT molecular complexity index is 609. The summed E-state index contributed by atoms with van der Waals surface area (Å²) in [6.45, 7) is 4.46. The number of unbranched alkanes of at least 4 members (excludes halogenated alkanes) is 2. The average Bonchev–Trinajstić information content (AvgIpc) is 2.66. The predicted molar refractivity (Wildman–Crippen MR) is 98.1 cm³/mol. The van der Waals surface area contributed by atoms with Gasteiger partial charge < -0.3 is 18.5 Å². The highest BCUT2D eigenvalue weighted by Gasteiger charge is 2.30. The lowest BCUT2D eigenvalue weighted by Gasteiger charge is -2.20. The second kappa shape index (κ2) is 11.1. The smallest absolute Gasteiger partial charge is 0.361 e. The van der Waals surface area contributed by atoms with Crippen LogP contribution in [0, 0.1) is 0 Å². The number of rotatable bonds is 11. The Morgan fingerprint density at radius 3 is 1.62 bits per heavy atom. The number of carbonyl (C=O) groups excluding carboxylic acids is 2. The molecule has 0 saturated carbocycles. The zero-order valence-corrected chi connectivity index (χ0v) is 16.7. The molecular formula is C18H27O7P. The van der Waals surface area contributed by atoms with Crippen LogP contribution in [0.1, 0.15) is 60.2 Å². The van der Waals surface area contributed by atoms with E-state index in [1.807, 2.05) is 13.8 Å². The summed E-state index contributed by atoms with van der Waals surface area (Å²) in [7, 11) is -1.25. The van der Waals surface area contributed by atoms with Crippen LogP contribution in [0.15, 0.2) is 18.2 Å². The van der Waals surface area contributed by atoms with Crippen LogP contribution in [0.2, 0.25) is 0 Å². The summed E-state index contributed by atoms with van der Waals surface area (Å²) >= 11 is 0. The van der Waals surface area contributed by atoms with Gasteiger partial charge in [0.1, 0.15) is 0 Å². The number of ether oxygens (including phenoxy) is 2. The van der Waals surface area contributed by atoms with Gasteiger partial charge in [0.15, 0.2) is 0 Å². The van der Waals surface area contributed by atoms with E-state index in [4.69, 9.17) is 18.5 Å². The van der Waals surface area contributed by atoms with Crippen molar-refractivity contribution in [2.75, 3.05) is 27.4 Å². The molecule has 1 aromatic carbocycles. The van der Waals surface area contributed by atoms with Crippen LogP contribution in [0.5, 0.6) is 0 Å². The summed E-state index contributed by atoms with van der Waals surface area (Å²) in [5.74, 6) is -1.32. The number of hydrogen-bond donors (Lipinski definition) is 0. The maximum atomic E-state index is 13.3. The maximum Gasteiger partial charge on any atom is 0.361 e. The van der Waals surface area contributed by atoms with E-state index in [0.717, 1.165) is 12.8 Å². The summed E-state index contributed by atoms with van der Waals surface area (Å²) in [6, 6.07) is 4.07. The van der Waals surface area contributed by atoms with Crippen molar-refractivity contribution in [1.82, 2.24) is 0 Å². The van der Waals surface area contributed by atoms with Gasteiger partial charge >= 0.3 is 19.5 Å². The van der Waals surface area contributed by atoms with Crippen LogP contribution < -0.4 is 5.30 Å². The average molecular weight is 386 g/mol. The minimum Gasteiger partial charge on any atom is -0.465 e. The second-order valence-corrected chi connectivity index (χ2v) is 7.65. The molecule has 0 fully saturated rings. The van der Waals surface area contributed by atoms with Crippen molar-refractivity contribution in [2.24, 2.45) is 0 Å². The first-order valence-corrected chi connectivity index (χ1v) is 10.2. The van der Waals surface area contributed by atoms with E-state index in [0.29, 0.717) is 12.8 Å². The molecule has 146 valence electrons. The molecule has 0 aliphatic rings. The van der Waals surface area contributed by atoms with Crippen molar-refractivity contribution in [3.05, 3.63) is 29.3 Å². The van der Waals surface area contributed by atoms with Gasteiger partial charge in [-0.3, -0.25) is 4.57 Å². The van der Waals surface area contributed by atoms with Crippen LogP contribution in [-0.4, -0.2) is 39.4 Å². The summed E-state index contributed by atoms with van der Waals surface area (Å²) < 4.78 is 33.9. The first-order valence-electron chi connectivity index (χ1n) is 8.63. The molecular weight excluding hydrogens is 359 g/mol. The van der Waals surface area contributed by atoms with Gasteiger partial charge in [0.2, 0.25) is 0 Å². The lowest BCUT2D eigenvalue weighted by Crippen LogP contribution is -2.17. The number of benzene rings is 1. The van der Waals surface area contributed by atoms with Crippen molar-refractivity contribution in [1.29, 1.82) is 0 Å². The number of carbonyl (C=O) groups is 2. The molecule has 0 saturated heterocycles. The number of esters is 2. The van der Waals surface area contributed by atoms with Crippen molar-refractivity contribution >= 4 is 24.8 Å². The van der Waals surface area contributed by atoms with Gasteiger partial charge in [-0.05, 0) is 31.0 Å². The molecule has 8 heteroatoms. The van der Waals surface area contributed by atoms with Crippen molar-refractivity contribution in [3.63, 3.8) is 0 Å². The fraction of sp³-hybridized carbons (Fsp3) is 0.556. The van der Waals surface area contributed by atoms with Crippen LogP contribution in [0.25, 0.3) is 0 Å². The Morgan fingerprint density at radius 1 is 0.846 bits per heavy atom. The fourth-order valence-corrected chi connectivity index (χ4v) is 3.79. The monoisotopic (exact) mass is 386 g/mol. The molecule has 0 aromatic heterocycles. The van der Waals surface area contributed by atoms with Gasteiger partial charge in [0.05, 0.1) is 43.9 Å². The Labute approximate surface area is 154 Å². The summed E-state index contributed by atoms with van der Waals surface area (Å²) in [5.41, 5.74) is 0.146. The van der Waals surface area contributed by atoms with Gasteiger partial charge in [0.25, 0.3) is 0 Å². The van der Waals surface area contributed by atoms with Gasteiger partial charge in [-0.15, -0.1) is 0 Å². The predicted octanol–water partition coefficient (Wildman–Crippen LogP) is 3.71. The molecule has 0 atom stereocenters. The molecule has 0 aliphatic carbocycles. The molecule has 1 aromatic rings. The molecule has 0 bridgehead atoms. The zero-order chi connectivity index (χ0) is 19.6. The Morgan fingerprint density at radius 2 is 1.27 bits per heavy atom. The van der Waals surface area contributed by atoms with E-state index in [9.17, 15) is 14.2 Å². The Balaban J connectivity index is 3.34. The minimum absolute atomic E-state index is 0.0730. The number of hydrogen-bond acceptors (Lipinski definition) is 7. The van der Waals surface area contributed by atoms with E-state index < -0.39 is 19.5 Å². The molecule has 0 heterocycles. The third-order valence-electron chi connectivity index (χ3n) is 3.59. The molecule has 0 aliphatic heterocycles. The Hall–Kier alpha value is -1.69. The lowest BCUT2D eigenvalue weighted by atomic mass is 10.1. The third-order valence-corrected chi connectivity index (χ3v) is 5.53. The summed E-state index contributed by atoms with van der Waals surface area (Å²) in [4.78, 5) is 23.9. The molecule has 0 unspecified atom stereocenters. The van der Waals surface area contributed by atoms with Gasteiger partial charge in [0, 0.05) is 0 Å². The molecule has 0 spiro atoms. The molecule has 0 amide bonds. The SMILES string of the molecule is CCCCOP(=O)(OCCCC)c1cc(C(=O)OC)cc(C(=O)OC)c1. The zero-order valence-electron chi connectivity index (χ0n) is 15.8. The second-order valence-electron chi connectivity index (χ2n) is 5.62. The summed E-state index contributed by atoms with van der Waals surface area (Å²) in [6.07, 6.45) is 3.15. The van der Waals surface area contributed by atoms with Gasteiger partial charge in [-0.25, -0.2) is 9.59 Å². The van der Waals surface area contributed by atoms with E-state index in [1.54, 1.807) is 0 Å². The van der Waals surface area contributed by atoms with E-state index >= 15 is 0 Å². The quantitative estimate of drug-likeness (QED) is 0.325. The highest BCUT2D eigenvalue weighted by atomic mass is 31.2. The van der Waals surface area contributed by atoms with Crippen LogP contribution in [0.3, 0.4) is 0 Å². The highest BCUT2D eigenvalue weighted by Crippen LogP contribution is 2.47. The van der Waals surface area contributed by atoms with Crippen LogP contribution in [0.4, 0.5) is 0 Å². The molecule has 0 radical (unpaired) electrons. The van der Waals surface area contributed by atoms with Crippen molar-refractivity contribution in [3.8, 4) is 0 Å². The topological polar surface area (TPSA) is 88.1 Å². The third kappa shape index (κ3) is 6.24. The van der Waals surface area contributed by atoms with Crippen molar-refractivity contribution in [2.45, 2.75) is 39.5 Å². The first-order chi connectivity index (χ1) is 12.4. The molecule has 1 rings (SSSR count).